The van der Waals surface area contributed by atoms with Gasteiger partial charge in [-0.25, -0.2) is 9.98 Å². The van der Waals surface area contributed by atoms with Gasteiger partial charge >= 0.3 is 0 Å². The fourth-order valence-corrected chi connectivity index (χ4v) is 3.36. The maximum Gasteiger partial charge on any atom is 0.217 e. The molecule has 3 N–H and O–H groups in total. The van der Waals surface area contributed by atoms with Gasteiger partial charge in [0.1, 0.15) is 5.69 Å². The fraction of sp³-hybridized carbons (Fsp3) is 0.522. The molecule has 1 aromatic carbocycles. The Balaban J connectivity index is 2.54. The van der Waals surface area contributed by atoms with E-state index < -0.39 is 0 Å². The molecular weight excluding hydrogens is 376 g/mol. The Hall–Kier alpha value is -2.67. The molecule has 164 valence electrons. The van der Waals surface area contributed by atoms with Crippen LogP contribution in [0.3, 0.4) is 0 Å². The largest absolute Gasteiger partial charge is 0.394 e. The van der Waals surface area contributed by atoms with Crippen molar-refractivity contribution in [2.75, 3.05) is 13.2 Å². The van der Waals surface area contributed by atoms with Crippen LogP contribution in [0.5, 0.6) is 0 Å². The molecule has 2 aromatic rings. The van der Waals surface area contributed by atoms with Crippen molar-refractivity contribution < 1.29 is 5.11 Å². The number of aliphatic imine (C=N–C) groups is 2. The van der Waals surface area contributed by atoms with Crippen molar-refractivity contribution in [2.24, 2.45) is 15.7 Å². The van der Waals surface area contributed by atoms with Crippen LogP contribution in [0.4, 0.5) is 0 Å². The summed E-state index contributed by atoms with van der Waals surface area (Å²) in [7, 11) is 0. The van der Waals surface area contributed by atoms with Crippen LogP contribution < -0.4 is 5.73 Å². The summed E-state index contributed by atoms with van der Waals surface area (Å²) in [5, 5.41) is 9.49. The molecule has 30 heavy (non-hydrogen) atoms. The van der Waals surface area contributed by atoms with Gasteiger partial charge in [-0.1, -0.05) is 44.2 Å². The van der Waals surface area contributed by atoms with Crippen molar-refractivity contribution in [3.05, 3.63) is 53.6 Å². The normalized spacial score (nSPS) is 13.7. The van der Waals surface area contributed by atoms with Crippen LogP contribution in [-0.4, -0.2) is 50.5 Å². The molecule has 0 amide bonds. The first-order chi connectivity index (χ1) is 14.4. The molecule has 1 aromatic heterocycles. The van der Waals surface area contributed by atoms with E-state index >= 15 is 0 Å². The van der Waals surface area contributed by atoms with Crippen LogP contribution in [0.1, 0.15) is 63.5 Å². The van der Waals surface area contributed by atoms with E-state index in [-0.39, 0.29) is 18.6 Å². The number of hydrogen-bond acceptors (Lipinski definition) is 3. The third-order valence-electron chi connectivity index (χ3n) is 5.04. The van der Waals surface area contributed by atoms with Gasteiger partial charge in [-0.05, 0) is 39.2 Å². The molecule has 1 atom stereocenters. The van der Waals surface area contributed by atoms with Crippen molar-refractivity contribution >= 4 is 11.8 Å². The standard InChI is InChI=1S/C23H36N6O/c1-6-13-28(14-19-11-9-8-10-12-19)22(27-23(24)26-20(7-2)15-30)21-18(5)29(16-25-21)17(3)4/h8-12,16-17,20,30H,6-7,13-15H2,1-5H3,(H2,24,26)/t20-/m1/s1. The van der Waals surface area contributed by atoms with Crippen molar-refractivity contribution in [3.8, 4) is 0 Å². The van der Waals surface area contributed by atoms with E-state index in [1.165, 1.54) is 5.56 Å². The van der Waals surface area contributed by atoms with Gasteiger partial charge in [-0.3, -0.25) is 0 Å². The molecule has 0 unspecified atom stereocenters. The molecule has 7 heteroatoms. The van der Waals surface area contributed by atoms with Crippen LogP contribution >= 0.6 is 0 Å². The number of aliphatic hydroxyl groups is 1. The average Bonchev–Trinajstić information content (AvgIpc) is 3.12. The summed E-state index contributed by atoms with van der Waals surface area (Å²) in [6.45, 7) is 11.9. The number of nitrogens with zero attached hydrogens (tertiary/aromatic N) is 5. The molecule has 0 aliphatic heterocycles. The zero-order valence-electron chi connectivity index (χ0n) is 18.9. The molecule has 7 nitrogen and oxygen atoms in total. The van der Waals surface area contributed by atoms with Crippen molar-refractivity contribution in [1.82, 2.24) is 14.5 Å². The summed E-state index contributed by atoms with van der Waals surface area (Å²) in [4.78, 5) is 16.0. The highest BCUT2D eigenvalue weighted by molar-refractivity contribution is 6.05. The summed E-state index contributed by atoms with van der Waals surface area (Å²) in [5.74, 6) is 0.880. The number of benzene rings is 1. The van der Waals surface area contributed by atoms with Gasteiger partial charge in [0.05, 0.1) is 19.0 Å². The molecule has 1 heterocycles. The van der Waals surface area contributed by atoms with Crippen molar-refractivity contribution in [1.29, 1.82) is 0 Å². The first kappa shape index (κ1) is 23.6. The summed E-state index contributed by atoms with van der Waals surface area (Å²) < 4.78 is 2.13. The van der Waals surface area contributed by atoms with Gasteiger partial charge in [0.25, 0.3) is 0 Å². The van der Waals surface area contributed by atoms with E-state index in [0.717, 1.165) is 24.4 Å². The number of imidazole rings is 1. The van der Waals surface area contributed by atoms with Crippen LogP contribution in [0.2, 0.25) is 0 Å². The monoisotopic (exact) mass is 412 g/mol. The van der Waals surface area contributed by atoms with Gasteiger partial charge in [0.15, 0.2) is 5.84 Å². The lowest BCUT2D eigenvalue weighted by Gasteiger charge is -2.26. The lowest BCUT2D eigenvalue weighted by atomic mass is 10.2. The summed E-state index contributed by atoms with van der Waals surface area (Å²) >= 11 is 0. The second-order valence-electron chi connectivity index (χ2n) is 7.75. The van der Waals surface area contributed by atoms with Crippen molar-refractivity contribution in [3.63, 3.8) is 0 Å². The lowest BCUT2D eigenvalue weighted by Crippen LogP contribution is -2.35. The number of rotatable bonds is 9. The average molecular weight is 413 g/mol. The molecule has 0 radical (unpaired) electrons. The van der Waals surface area contributed by atoms with Gasteiger partial charge in [0.2, 0.25) is 5.96 Å². The van der Waals surface area contributed by atoms with Crippen LogP contribution in [0.25, 0.3) is 0 Å². The minimum absolute atomic E-state index is 0.0499. The van der Waals surface area contributed by atoms with Gasteiger partial charge < -0.3 is 20.3 Å². The second kappa shape index (κ2) is 11.5. The Labute approximate surface area is 180 Å². The first-order valence-corrected chi connectivity index (χ1v) is 10.8. The number of aromatic nitrogens is 2. The van der Waals surface area contributed by atoms with E-state index in [1.54, 1.807) is 0 Å². The predicted molar refractivity (Wildman–Crippen MR) is 124 cm³/mol. The van der Waals surface area contributed by atoms with E-state index in [9.17, 15) is 5.11 Å². The van der Waals surface area contributed by atoms with E-state index in [4.69, 9.17) is 10.7 Å². The topological polar surface area (TPSA) is 92.0 Å². The number of hydrogen-bond donors (Lipinski definition) is 2. The Morgan fingerprint density at radius 2 is 1.93 bits per heavy atom. The maximum absolute atomic E-state index is 9.49. The highest BCUT2D eigenvalue weighted by Crippen LogP contribution is 2.18. The smallest absolute Gasteiger partial charge is 0.217 e. The predicted octanol–water partition coefficient (Wildman–Crippen LogP) is 3.52. The van der Waals surface area contributed by atoms with E-state index in [0.29, 0.717) is 24.8 Å². The Bertz CT molecular complexity index is 837. The molecule has 2 rings (SSSR count). The zero-order chi connectivity index (χ0) is 22.1. The van der Waals surface area contributed by atoms with Gasteiger partial charge in [-0.2, -0.15) is 4.99 Å². The molecular formula is C23H36N6O. The van der Waals surface area contributed by atoms with E-state index in [2.05, 4.69) is 59.3 Å². The highest BCUT2D eigenvalue weighted by atomic mass is 16.3. The molecule has 0 fully saturated rings. The van der Waals surface area contributed by atoms with Crippen LogP contribution in [-0.2, 0) is 6.54 Å². The molecule has 0 saturated carbocycles. The Morgan fingerprint density at radius 3 is 2.47 bits per heavy atom. The van der Waals surface area contributed by atoms with Gasteiger partial charge in [-0.15, -0.1) is 0 Å². The Kier molecular flexibility index (Phi) is 9.05. The minimum Gasteiger partial charge on any atom is -0.394 e. The lowest BCUT2D eigenvalue weighted by molar-refractivity contribution is 0.264. The molecule has 0 spiro atoms. The second-order valence-corrected chi connectivity index (χ2v) is 7.75. The first-order valence-electron chi connectivity index (χ1n) is 10.8. The van der Waals surface area contributed by atoms with Crippen LogP contribution in [0, 0.1) is 6.92 Å². The number of guanidine groups is 1. The SMILES string of the molecule is CCCN(Cc1ccccc1)C(=NC(N)=N[C@H](CC)CO)c1ncn(C(C)C)c1C. The third-order valence-corrected chi connectivity index (χ3v) is 5.04. The fourth-order valence-electron chi connectivity index (χ4n) is 3.36. The van der Waals surface area contributed by atoms with Gasteiger partial charge in [0, 0.05) is 24.8 Å². The van der Waals surface area contributed by atoms with Crippen molar-refractivity contribution in [2.45, 2.75) is 66.1 Å². The summed E-state index contributed by atoms with van der Waals surface area (Å²) in [6.07, 6.45) is 3.51. The zero-order valence-corrected chi connectivity index (χ0v) is 18.9. The molecule has 0 aliphatic carbocycles. The molecule has 0 aliphatic rings. The number of aliphatic hydroxyl groups excluding tert-OH is 1. The number of nitrogens with two attached hydrogens (primary N) is 1. The minimum atomic E-state index is -0.252. The number of amidine groups is 1. The highest BCUT2D eigenvalue weighted by Gasteiger charge is 2.21. The third kappa shape index (κ3) is 6.16. The molecule has 0 bridgehead atoms. The summed E-state index contributed by atoms with van der Waals surface area (Å²) in [5.41, 5.74) is 9.24. The van der Waals surface area contributed by atoms with Crippen LogP contribution in [0.15, 0.2) is 46.6 Å². The Morgan fingerprint density at radius 1 is 1.23 bits per heavy atom. The van der Waals surface area contributed by atoms with E-state index in [1.807, 2.05) is 31.5 Å². The summed E-state index contributed by atoms with van der Waals surface area (Å²) in [6, 6.07) is 10.4. The quantitative estimate of drug-likeness (QED) is 0.487. The maximum atomic E-state index is 9.49. The molecule has 0 saturated heterocycles.